The number of hydrogen-bond donors (Lipinski definition) is 2. The number of anilines is 1. The van der Waals surface area contributed by atoms with Crippen molar-refractivity contribution in [1.82, 2.24) is 10.2 Å². The van der Waals surface area contributed by atoms with Gasteiger partial charge in [0.1, 0.15) is 17.1 Å². The van der Waals surface area contributed by atoms with Crippen LogP contribution in [0.15, 0.2) is 36.4 Å². The second-order valence-electron chi connectivity index (χ2n) is 10.8. The Hall–Kier alpha value is -3.42. The van der Waals surface area contributed by atoms with Crippen LogP contribution in [0.1, 0.15) is 68.1 Å². The SMILES string of the molecule is COc1cc(O)cc([C@@H](C)NC(=O)c2cc(N3C[C@H]4CC[C@@H](C3)N4C(=O)OC(C)(C)C)ccc2C)c1. The number of benzene rings is 2. The fourth-order valence-electron chi connectivity index (χ4n) is 5.11. The van der Waals surface area contributed by atoms with Crippen molar-refractivity contribution in [3.8, 4) is 11.5 Å². The maximum Gasteiger partial charge on any atom is 0.410 e. The van der Waals surface area contributed by atoms with Crippen LogP contribution in [0.5, 0.6) is 11.5 Å². The maximum absolute atomic E-state index is 13.2. The number of fused-ring (bicyclic) bond motifs is 2. The zero-order valence-electron chi connectivity index (χ0n) is 22.0. The number of hydrogen-bond acceptors (Lipinski definition) is 6. The number of amides is 2. The zero-order chi connectivity index (χ0) is 26.2. The first-order chi connectivity index (χ1) is 16.9. The van der Waals surface area contributed by atoms with Crippen molar-refractivity contribution < 1.29 is 24.2 Å². The van der Waals surface area contributed by atoms with Gasteiger partial charge in [-0.3, -0.25) is 9.69 Å². The Balaban J connectivity index is 1.48. The minimum absolute atomic E-state index is 0.0868. The number of carbonyl (C=O) groups excluding carboxylic acids is 2. The minimum atomic E-state index is -0.520. The minimum Gasteiger partial charge on any atom is -0.508 e. The van der Waals surface area contributed by atoms with Gasteiger partial charge in [-0.1, -0.05) is 6.07 Å². The lowest BCUT2D eigenvalue weighted by Crippen LogP contribution is -2.56. The predicted octanol–water partition coefficient (Wildman–Crippen LogP) is 4.79. The van der Waals surface area contributed by atoms with Crippen molar-refractivity contribution in [2.75, 3.05) is 25.1 Å². The van der Waals surface area contributed by atoms with E-state index in [9.17, 15) is 14.7 Å². The van der Waals surface area contributed by atoms with Crippen molar-refractivity contribution in [3.63, 3.8) is 0 Å². The van der Waals surface area contributed by atoms with Gasteiger partial charge in [-0.2, -0.15) is 0 Å². The van der Waals surface area contributed by atoms with Gasteiger partial charge in [-0.15, -0.1) is 0 Å². The van der Waals surface area contributed by atoms with Crippen LogP contribution in [0, 0.1) is 6.92 Å². The molecule has 2 heterocycles. The van der Waals surface area contributed by atoms with Crippen molar-refractivity contribution >= 4 is 17.7 Å². The molecule has 8 heteroatoms. The van der Waals surface area contributed by atoms with Gasteiger partial charge in [0.05, 0.1) is 25.2 Å². The van der Waals surface area contributed by atoms with E-state index in [1.54, 1.807) is 12.1 Å². The largest absolute Gasteiger partial charge is 0.508 e. The Bertz CT molecular complexity index is 1130. The van der Waals surface area contributed by atoms with Crippen molar-refractivity contribution in [2.45, 2.75) is 71.2 Å². The Morgan fingerprint density at radius 3 is 2.36 bits per heavy atom. The number of nitrogens with zero attached hydrogens (tertiary/aromatic N) is 2. The summed E-state index contributed by atoms with van der Waals surface area (Å²) in [6, 6.07) is 10.8. The number of piperazine rings is 1. The van der Waals surface area contributed by atoms with Crippen LogP contribution >= 0.6 is 0 Å². The molecule has 0 radical (unpaired) electrons. The second-order valence-corrected chi connectivity index (χ2v) is 10.8. The number of rotatable bonds is 5. The van der Waals surface area contributed by atoms with Crippen LogP contribution in [0.3, 0.4) is 0 Å². The highest BCUT2D eigenvalue weighted by molar-refractivity contribution is 5.97. The molecule has 0 saturated carbocycles. The lowest BCUT2D eigenvalue weighted by Gasteiger charge is -2.42. The fraction of sp³-hybridized carbons (Fsp3) is 0.500. The summed E-state index contributed by atoms with van der Waals surface area (Å²) in [5.74, 6) is 0.438. The molecule has 0 unspecified atom stereocenters. The Labute approximate surface area is 213 Å². The van der Waals surface area contributed by atoms with Crippen molar-refractivity contribution in [1.29, 1.82) is 0 Å². The van der Waals surface area contributed by atoms with E-state index in [0.29, 0.717) is 24.4 Å². The van der Waals surface area contributed by atoms with Crippen molar-refractivity contribution in [2.24, 2.45) is 0 Å². The van der Waals surface area contributed by atoms with Crippen LogP contribution in [0.4, 0.5) is 10.5 Å². The average Bonchev–Trinajstić information content (AvgIpc) is 3.07. The summed E-state index contributed by atoms with van der Waals surface area (Å²) >= 11 is 0. The van der Waals surface area contributed by atoms with Gasteiger partial charge in [0, 0.05) is 30.4 Å². The summed E-state index contributed by atoms with van der Waals surface area (Å²) in [4.78, 5) is 30.2. The first kappa shape index (κ1) is 25.7. The lowest BCUT2D eigenvalue weighted by molar-refractivity contribution is 0.0123. The molecule has 2 aromatic rings. The molecule has 8 nitrogen and oxygen atoms in total. The number of methoxy groups -OCH3 is 1. The van der Waals surface area contributed by atoms with Gasteiger partial charge < -0.3 is 24.8 Å². The molecule has 0 spiro atoms. The average molecular weight is 496 g/mol. The Morgan fingerprint density at radius 1 is 1.08 bits per heavy atom. The van der Waals surface area contributed by atoms with Crippen molar-refractivity contribution in [3.05, 3.63) is 53.1 Å². The number of carbonyl (C=O) groups is 2. The first-order valence-electron chi connectivity index (χ1n) is 12.5. The highest BCUT2D eigenvalue weighted by Gasteiger charge is 2.44. The smallest absolute Gasteiger partial charge is 0.410 e. The maximum atomic E-state index is 13.2. The van der Waals surface area contributed by atoms with Crippen LogP contribution in [0.25, 0.3) is 0 Å². The molecular formula is C28H37N3O5. The fourth-order valence-corrected chi connectivity index (χ4v) is 5.11. The number of aryl methyl sites for hydroxylation is 1. The summed E-state index contributed by atoms with van der Waals surface area (Å²) in [5.41, 5.74) is 2.69. The van der Waals surface area contributed by atoms with E-state index in [1.165, 1.54) is 13.2 Å². The highest BCUT2D eigenvalue weighted by atomic mass is 16.6. The third-order valence-corrected chi connectivity index (χ3v) is 6.91. The number of phenolic OH excluding ortho intramolecular Hbond substituents is 1. The molecule has 0 aliphatic carbocycles. The van der Waals surface area contributed by atoms with E-state index in [4.69, 9.17) is 9.47 Å². The number of phenols is 1. The van der Waals surface area contributed by atoms with Crippen LogP contribution in [-0.2, 0) is 4.74 Å². The molecule has 4 rings (SSSR count). The van der Waals surface area contributed by atoms with Gasteiger partial charge in [-0.05, 0) is 82.9 Å². The normalized spacial score (nSPS) is 20.2. The van der Waals surface area contributed by atoms with E-state index >= 15 is 0 Å². The Kier molecular flexibility index (Phi) is 7.07. The van der Waals surface area contributed by atoms with Crippen LogP contribution < -0.4 is 15.0 Å². The number of aromatic hydroxyl groups is 1. The number of ether oxygens (including phenoxy) is 2. The number of nitrogens with one attached hydrogen (secondary N) is 1. The predicted molar refractivity (Wildman–Crippen MR) is 139 cm³/mol. The second kappa shape index (κ2) is 9.91. The molecule has 2 aliphatic rings. The molecule has 2 amide bonds. The molecule has 2 N–H and O–H groups in total. The van der Waals surface area contributed by atoms with E-state index in [1.807, 2.05) is 57.7 Å². The molecule has 0 aromatic heterocycles. The zero-order valence-corrected chi connectivity index (χ0v) is 22.0. The van der Waals surface area contributed by atoms with Gasteiger partial charge in [0.15, 0.2) is 0 Å². The molecule has 36 heavy (non-hydrogen) atoms. The van der Waals surface area contributed by atoms with Crippen LogP contribution in [0.2, 0.25) is 0 Å². The lowest BCUT2D eigenvalue weighted by atomic mass is 10.0. The molecule has 3 atom stereocenters. The molecule has 2 saturated heterocycles. The van der Waals surface area contributed by atoms with E-state index < -0.39 is 5.60 Å². The Morgan fingerprint density at radius 2 is 1.75 bits per heavy atom. The molecule has 2 bridgehead atoms. The first-order valence-corrected chi connectivity index (χ1v) is 12.5. The molecule has 194 valence electrons. The highest BCUT2D eigenvalue weighted by Crippen LogP contribution is 2.34. The molecule has 2 aromatic carbocycles. The standard InChI is InChI=1S/C28H37N3O5/c1-17-7-8-20(30-15-21-9-10-22(16-30)31(21)27(34)36-28(3,4)5)13-25(17)26(33)29-18(2)19-11-23(32)14-24(12-19)35-6/h7-8,11-14,18,21-22,32H,9-10,15-16H2,1-6H3,(H,29,33)/t18-,21-,22+/m1/s1. The summed E-state index contributed by atoms with van der Waals surface area (Å²) in [5, 5.41) is 13.0. The molecule has 2 aliphatic heterocycles. The summed E-state index contributed by atoms with van der Waals surface area (Å²) in [6.45, 7) is 10.9. The van der Waals surface area contributed by atoms with E-state index in [2.05, 4.69) is 10.2 Å². The van der Waals surface area contributed by atoms with E-state index in [-0.39, 0.29) is 35.9 Å². The molecule has 2 fully saturated rings. The van der Waals surface area contributed by atoms with Gasteiger partial charge >= 0.3 is 6.09 Å². The van der Waals surface area contributed by atoms with Gasteiger partial charge in [-0.25, -0.2) is 4.79 Å². The topological polar surface area (TPSA) is 91.3 Å². The van der Waals surface area contributed by atoms with Gasteiger partial charge in [0.25, 0.3) is 5.91 Å². The summed E-state index contributed by atoms with van der Waals surface area (Å²) in [6.07, 6.45) is 1.66. The quantitative estimate of drug-likeness (QED) is 0.620. The molecular weight excluding hydrogens is 458 g/mol. The third kappa shape index (κ3) is 5.53. The summed E-state index contributed by atoms with van der Waals surface area (Å²) in [7, 11) is 1.54. The third-order valence-electron chi connectivity index (χ3n) is 6.91. The monoisotopic (exact) mass is 495 g/mol. The van der Waals surface area contributed by atoms with E-state index in [0.717, 1.165) is 29.7 Å². The van der Waals surface area contributed by atoms with Gasteiger partial charge in [0.2, 0.25) is 0 Å². The van der Waals surface area contributed by atoms with Crippen LogP contribution in [-0.4, -0.2) is 59.9 Å². The summed E-state index contributed by atoms with van der Waals surface area (Å²) < 4.78 is 10.9.